The first-order valence-electron chi connectivity index (χ1n) is 8.60. The van der Waals surface area contributed by atoms with Crippen molar-refractivity contribution < 1.29 is 8.78 Å². The van der Waals surface area contributed by atoms with Crippen molar-refractivity contribution in [2.75, 3.05) is 23.3 Å². The average Bonchev–Trinajstić information content (AvgIpc) is 2.60. The molecule has 2 aromatic rings. The Morgan fingerprint density at radius 2 is 2.04 bits per heavy atom. The van der Waals surface area contributed by atoms with Gasteiger partial charge in [-0.25, -0.2) is 8.78 Å². The molecular formula is C20H23F2N3. The van der Waals surface area contributed by atoms with Gasteiger partial charge in [-0.3, -0.25) is 4.98 Å². The van der Waals surface area contributed by atoms with E-state index in [-0.39, 0.29) is 0 Å². The van der Waals surface area contributed by atoms with Crippen molar-refractivity contribution in [2.24, 2.45) is 5.92 Å². The molecule has 1 saturated heterocycles. The van der Waals surface area contributed by atoms with Gasteiger partial charge in [-0.15, -0.1) is 0 Å². The number of benzene rings is 1. The molecule has 0 radical (unpaired) electrons. The van der Waals surface area contributed by atoms with Crippen LogP contribution in [-0.4, -0.2) is 18.1 Å². The molecule has 1 aliphatic rings. The third-order valence-electron chi connectivity index (χ3n) is 4.76. The Morgan fingerprint density at radius 3 is 2.72 bits per heavy atom. The summed E-state index contributed by atoms with van der Waals surface area (Å²) in [7, 11) is 0. The summed E-state index contributed by atoms with van der Waals surface area (Å²) in [4.78, 5) is 6.66. The number of rotatable bonds is 5. The van der Waals surface area contributed by atoms with Crippen LogP contribution in [-0.2, 0) is 6.42 Å². The zero-order chi connectivity index (χ0) is 17.8. The lowest BCUT2D eigenvalue weighted by atomic mass is 9.89. The van der Waals surface area contributed by atoms with E-state index in [0.717, 1.165) is 49.1 Å². The Bertz CT molecular complexity index is 753. The highest BCUT2D eigenvalue weighted by Crippen LogP contribution is 2.31. The van der Waals surface area contributed by atoms with Gasteiger partial charge in [0.2, 0.25) is 0 Å². The number of hydrogen-bond acceptors (Lipinski definition) is 3. The van der Waals surface area contributed by atoms with Gasteiger partial charge in [-0.2, -0.15) is 0 Å². The van der Waals surface area contributed by atoms with Crippen LogP contribution >= 0.6 is 0 Å². The van der Waals surface area contributed by atoms with E-state index in [1.165, 1.54) is 6.07 Å². The van der Waals surface area contributed by atoms with Crippen LogP contribution in [0.1, 0.15) is 24.1 Å². The monoisotopic (exact) mass is 343 g/mol. The molecule has 0 atom stereocenters. The summed E-state index contributed by atoms with van der Waals surface area (Å²) >= 11 is 0. The molecule has 1 fully saturated rings. The Balaban J connectivity index is 1.66. The average molecular weight is 343 g/mol. The van der Waals surface area contributed by atoms with Crippen LogP contribution in [0.5, 0.6) is 0 Å². The molecule has 0 unspecified atom stereocenters. The van der Waals surface area contributed by atoms with Crippen molar-refractivity contribution in [1.29, 1.82) is 0 Å². The summed E-state index contributed by atoms with van der Waals surface area (Å²) in [6, 6.07) is 5.94. The minimum Gasteiger partial charge on any atom is -0.370 e. The lowest BCUT2D eigenvalue weighted by molar-refractivity contribution is 0.397. The minimum atomic E-state index is -0.522. The van der Waals surface area contributed by atoms with Crippen LogP contribution in [0.4, 0.5) is 20.2 Å². The van der Waals surface area contributed by atoms with E-state index in [0.29, 0.717) is 17.9 Å². The quantitative estimate of drug-likeness (QED) is 0.854. The standard InChI is InChI=1S/C20H23F2N3/c1-3-23-19-13-24-14(2)10-20(19)25-8-6-15(7-9-25)11-16-4-5-17(21)12-18(16)22/h3-5,10,12-13,15,23H,1,6-9,11H2,2H3. The number of aromatic nitrogens is 1. The molecule has 1 aliphatic heterocycles. The fourth-order valence-corrected chi connectivity index (χ4v) is 3.40. The summed E-state index contributed by atoms with van der Waals surface area (Å²) in [6.45, 7) is 7.51. The molecule has 0 aliphatic carbocycles. The topological polar surface area (TPSA) is 28.2 Å². The van der Waals surface area contributed by atoms with Gasteiger partial charge < -0.3 is 10.2 Å². The van der Waals surface area contributed by atoms with Gasteiger partial charge >= 0.3 is 0 Å². The summed E-state index contributed by atoms with van der Waals surface area (Å²) in [5, 5.41) is 3.14. The summed E-state index contributed by atoms with van der Waals surface area (Å²) in [5.74, 6) is -0.550. The summed E-state index contributed by atoms with van der Waals surface area (Å²) in [6.07, 6.45) is 6.09. The molecule has 3 nitrogen and oxygen atoms in total. The lowest BCUT2D eigenvalue weighted by Gasteiger charge is -2.34. The third-order valence-corrected chi connectivity index (χ3v) is 4.76. The van der Waals surface area contributed by atoms with Crippen molar-refractivity contribution in [3.8, 4) is 0 Å². The maximum Gasteiger partial charge on any atom is 0.129 e. The summed E-state index contributed by atoms with van der Waals surface area (Å²) < 4.78 is 26.9. The minimum absolute atomic E-state index is 0.412. The van der Waals surface area contributed by atoms with E-state index in [9.17, 15) is 8.78 Å². The molecular weight excluding hydrogens is 320 g/mol. The molecule has 0 amide bonds. The van der Waals surface area contributed by atoms with Gasteiger partial charge in [0.05, 0.1) is 17.6 Å². The maximum atomic E-state index is 13.9. The molecule has 0 spiro atoms. The van der Waals surface area contributed by atoms with Crippen LogP contribution in [0.2, 0.25) is 0 Å². The second-order valence-corrected chi connectivity index (χ2v) is 6.56. The van der Waals surface area contributed by atoms with E-state index in [4.69, 9.17) is 0 Å². The zero-order valence-corrected chi connectivity index (χ0v) is 14.4. The third kappa shape index (κ3) is 4.16. The van der Waals surface area contributed by atoms with Gasteiger partial charge in [0.1, 0.15) is 11.6 Å². The molecule has 132 valence electrons. The van der Waals surface area contributed by atoms with Crippen LogP contribution in [0, 0.1) is 24.5 Å². The number of pyridine rings is 1. The van der Waals surface area contributed by atoms with E-state index in [1.54, 1.807) is 12.3 Å². The fourth-order valence-electron chi connectivity index (χ4n) is 3.40. The normalized spacial score (nSPS) is 15.2. The van der Waals surface area contributed by atoms with E-state index >= 15 is 0 Å². The molecule has 1 aromatic heterocycles. The smallest absolute Gasteiger partial charge is 0.129 e. The largest absolute Gasteiger partial charge is 0.370 e. The molecule has 0 saturated carbocycles. The number of aryl methyl sites for hydroxylation is 1. The second-order valence-electron chi connectivity index (χ2n) is 6.56. The zero-order valence-electron chi connectivity index (χ0n) is 14.4. The van der Waals surface area contributed by atoms with Crippen LogP contribution in [0.3, 0.4) is 0 Å². The van der Waals surface area contributed by atoms with E-state index in [2.05, 4.69) is 27.8 Å². The molecule has 2 heterocycles. The van der Waals surface area contributed by atoms with Gasteiger partial charge in [0, 0.05) is 24.8 Å². The predicted molar refractivity (Wildman–Crippen MR) is 97.8 cm³/mol. The van der Waals surface area contributed by atoms with Gasteiger partial charge in [-0.05, 0) is 56.0 Å². The van der Waals surface area contributed by atoms with Crippen LogP contribution < -0.4 is 10.2 Å². The fraction of sp³-hybridized carbons (Fsp3) is 0.350. The highest BCUT2D eigenvalue weighted by atomic mass is 19.1. The first kappa shape index (κ1) is 17.4. The second kappa shape index (κ2) is 7.64. The van der Waals surface area contributed by atoms with Crippen LogP contribution in [0.25, 0.3) is 0 Å². The van der Waals surface area contributed by atoms with Crippen molar-refractivity contribution in [3.05, 3.63) is 66.1 Å². The predicted octanol–water partition coefficient (Wildman–Crippen LogP) is 4.68. The van der Waals surface area contributed by atoms with Crippen molar-refractivity contribution >= 4 is 11.4 Å². The highest BCUT2D eigenvalue weighted by Gasteiger charge is 2.22. The summed E-state index contributed by atoms with van der Waals surface area (Å²) in [5.41, 5.74) is 3.65. The Labute approximate surface area is 147 Å². The Kier molecular flexibility index (Phi) is 5.31. The first-order chi connectivity index (χ1) is 12.1. The number of anilines is 2. The molecule has 1 N–H and O–H groups in total. The molecule has 0 bridgehead atoms. The van der Waals surface area contributed by atoms with Crippen LogP contribution in [0.15, 0.2) is 43.2 Å². The number of nitrogens with zero attached hydrogens (tertiary/aromatic N) is 2. The SMILES string of the molecule is C=CNc1cnc(C)cc1N1CCC(Cc2ccc(F)cc2F)CC1. The number of piperidine rings is 1. The Hall–Kier alpha value is -2.43. The molecule has 1 aromatic carbocycles. The number of halogens is 2. The van der Waals surface area contributed by atoms with E-state index in [1.807, 2.05) is 13.1 Å². The van der Waals surface area contributed by atoms with E-state index < -0.39 is 11.6 Å². The molecule has 3 rings (SSSR count). The molecule has 25 heavy (non-hydrogen) atoms. The van der Waals surface area contributed by atoms with Gasteiger partial charge in [0.15, 0.2) is 0 Å². The lowest BCUT2D eigenvalue weighted by Crippen LogP contribution is -2.34. The molecule has 5 heteroatoms. The van der Waals surface area contributed by atoms with Gasteiger partial charge in [-0.1, -0.05) is 12.6 Å². The van der Waals surface area contributed by atoms with Crippen molar-refractivity contribution in [2.45, 2.75) is 26.2 Å². The number of nitrogens with one attached hydrogen (secondary N) is 1. The first-order valence-corrected chi connectivity index (χ1v) is 8.60. The Morgan fingerprint density at radius 1 is 1.28 bits per heavy atom. The van der Waals surface area contributed by atoms with Crippen molar-refractivity contribution in [3.63, 3.8) is 0 Å². The number of hydrogen-bond donors (Lipinski definition) is 1. The van der Waals surface area contributed by atoms with Gasteiger partial charge in [0.25, 0.3) is 0 Å². The highest BCUT2D eigenvalue weighted by molar-refractivity contribution is 5.70. The maximum absolute atomic E-state index is 13.9. The van der Waals surface area contributed by atoms with Crippen molar-refractivity contribution in [1.82, 2.24) is 4.98 Å².